The fraction of sp³-hybridized carbons (Fsp3) is 0.346. The first-order chi connectivity index (χ1) is 19.9. The number of aromatic nitrogens is 3. The predicted molar refractivity (Wildman–Crippen MR) is 167 cm³/mol. The molecule has 1 aliphatic rings. The second-order valence-electron chi connectivity index (χ2n) is 8.21. The van der Waals surface area contributed by atoms with Gasteiger partial charge >= 0.3 is 5.69 Å². The van der Waals surface area contributed by atoms with Crippen LogP contribution in [0.2, 0.25) is 0 Å². The molecule has 0 saturated carbocycles. The van der Waals surface area contributed by atoms with Crippen molar-refractivity contribution in [2.75, 3.05) is 6.61 Å². The summed E-state index contributed by atoms with van der Waals surface area (Å²) in [4.78, 5) is 50.5. The number of hydrogen-bond acceptors (Lipinski definition) is 10. The Morgan fingerprint density at radius 3 is 2.17 bits per heavy atom. The Balaban J connectivity index is 0.00000161. The summed E-state index contributed by atoms with van der Waals surface area (Å²) in [7, 11) is 4.25. The van der Waals surface area contributed by atoms with Crippen LogP contribution in [0.1, 0.15) is 36.4 Å². The van der Waals surface area contributed by atoms with E-state index in [1.807, 2.05) is 49.4 Å². The van der Waals surface area contributed by atoms with Crippen molar-refractivity contribution in [3.63, 3.8) is 0 Å². The third-order valence-corrected chi connectivity index (χ3v) is 5.57. The number of pyridine rings is 1. The van der Waals surface area contributed by atoms with Gasteiger partial charge in [-0.05, 0) is 71.4 Å². The highest BCUT2D eigenvalue weighted by atomic mass is 31.0. The molecule has 0 radical (unpaired) electrons. The van der Waals surface area contributed by atoms with Crippen LogP contribution in [-0.4, -0.2) is 69.0 Å². The van der Waals surface area contributed by atoms with Crippen LogP contribution < -0.4 is 11.2 Å². The number of aliphatic hydroxyl groups excluding tert-OH is 3. The topological polar surface area (TPSA) is 188 Å². The van der Waals surface area contributed by atoms with Crippen LogP contribution >= 0.6 is 28.4 Å². The molecule has 1 aliphatic heterocycles. The number of ether oxygens (including phenoxy) is 1. The smallest absolute Gasteiger partial charge is 0.333 e. The first-order valence-corrected chi connectivity index (χ1v) is 13.7. The van der Waals surface area contributed by atoms with Crippen LogP contribution in [-0.2, 0) is 17.7 Å². The molecule has 41 heavy (non-hydrogen) atoms. The summed E-state index contributed by atoms with van der Waals surface area (Å²) in [5, 5.41) is 29.6. The summed E-state index contributed by atoms with van der Waals surface area (Å²) >= 11 is 0. The van der Waals surface area contributed by atoms with Gasteiger partial charge in [0.25, 0.3) is 5.56 Å². The van der Waals surface area contributed by atoms with Gasteiger partial charge in [-0.1, -0.05) is 36.4 Å². The van der Waals surface area contributed by atoms with Crippen molar-refractivity contribution in [1.82, 2.24) is 14.1 Å². The molecule has 12 nitrogen and oxygen atoms in total. The van der Waals surface area contributed by atoms with E-state index in [1.165, 1.54) is 40.7 Å². The number of nitrogens with zero attached hydrogens (tertiary/aromatic N) is 3. The fourth-order valence-corrected chi connectivity index (χ4v) is 3.91. The maximum Gasteiger partial charge on any atom is 0.333 e. The minimum Gasteiger partial charge on any atom is -0.396 e. The Kier molecular flexibility index (Phi) is 21.2. The van der Waals surface area contributed by atoms with Crippen molar-refractivity contribution in [3.05, 3.63) is 111 Å². The molecule has 1 fully saturated rings. The van der Waals surface area contributed by atoms with E-state index >= 15 is 0 Å². The zero-order valence-electron chi connectivity index (χ0n) is 22.7. The van der Waals surface area contributed by atoms with Crippen LogP contribution in [0.25, 0.3) is 0 Å². The average Bonchev–Trinajstić information content (AvgIpc) is 3.28. The van der Waals surface area contributed by atoms with Crippen LogP contribution in [0.15, 0.2) is 83.2 Å². The molecular weight excluding hydrogens is 591 g/mol. The van der Waals surface area contributed by atoms with Crippen molar-refractivity contribution in [3.8, 4) is 0 Å². The summed E-state index contributed by atoms with van der Waals surface area (Å²) in [6.07, 6.45) is 0.820. The van der Waals surface area contributed by atoms with Gasteiger partial charge in [0.1, 0.15) is 12.2 Å². The molecule has 15 heteroatoms. The number of hydrogen-bond donors (Lipinski definition) is 6. The molecule has 2 aromatic heterocycles. The first-order valence-electron chi connectivity index (χ1n) is 12.2. The average molecular weight is 632 g/mol. The second kappa shape index (κ2) is 22.4. The molecule has 7 atom stereocenters. The minimum absolute atomic E-state index is 0.0490. The van der Waals surface area contributed by atoms with Crippen molar-refractivity contribution >= 4 is 28.4 Å². The zero-order valence-corrected chi connectivity index (χ0v) is 26.1. The molecule has 3 aromatic rings. The number of aliphatic hydroxyl groups is 3. The highest BCUT2D eigenvalue weighted by Crippen LogP contribution is 2.29. The van der Waals surface area contributed by atoms with Crippen molar-refractivity contribution < 1.29 is 34.7 Å². The first kappa shape index (κ1) is 38.8. The van der Waals surface area contributed by atoms with E-state index in [9.17, 15) is 19.8 Å². The molecule has 4 rings (SSSR count). The van der Waals surface area contributed by atoms with E-state index < -0.39 is 35.8 Å². The highest BCUT2D eigenvalue weighted by Gasteiger charge is 2.43. The van der Waals surface area contributed by atoms with E-state index in [2.05, 4.69) is 11.6 Å². The third-order valence-electron chi connectivity index (χ3n) is 5.57. The summed E-state index contributed by atoms with van der Waals surface area (Å²) < 4.78 is 7.69. The number of allylic oxidation sites excluding steroid dienone is 1. The molecule has 6 N–H and O–H groups in total. The molecule has 0 bridgehead atoms. The zero-order chi connectivity index (χ0) is 31.4. The van der Waals surface area contributed by atoms with Crippen LogP contribution in [0, 0.1) is 0 Å². The molecule has 3 heterocycles. The number of benzene rings is 1. The van der Waals surface area contributed by atoms with Gasteiger partial charge in [0, 0.05) is 25.1 Å². The van der Waals surface area contributed by atoms with Gasteiger partial charge in [-0.25, -0.2) is 4.79 Å². The Morgan fingerprint density at radius 2 is 1.59 bits per heavy atom. The van der Waals surface area contributed by atoms with Crippen molar-refractivity contribution in [1.29, 1.82) is 0 Å². The summed E-state index contributed by atoms with van der Waals surface area (Å²) in [5.41, 5.74) is 1.47. The largest absolute Gasteiger partial charge is 0.396 e. The van der Waals surface area contributed by atoms with Gasteiger partial charge < -0.3 is 34.7 Å². The minimum atomic E-state index is -1.37. The van der Waals surface area contributed by atoms with E-state index in [4.69, 9.17) is 24.5 Å². The van der Waals surface area contributed by atoms with Crippen molar-refractivity contribution in [2.45, 2.75) is 50.8 Å². The van der Waals surface area contributed by atoms with Crippen LogP contribution in [0.4, 0.5) is 0 Å². The fourth-order valence-electron chi connectivity index (χ4n) is 3.91. The Labute approximate surface area is 245 Å². The lowest BCUT2D eigenvalue weighted by molar-refractivity contribution is -0.0458. The SMILES string of the molecule is C=CC.O=c1ccn(C2OC(CCO)C(O)C2O)c(=O)n1Cc1cc(Cc2ccccc2)ccn1.OP.OP.OP. The quantitative estimate of drug-likeness (QED) is 0.159. The lowest BCUT2D eigenvalue weighted by Gasteiger charge is -2.18. The summed E-state index contributed by atoms with van der Waals surface area (Å²) in [6.45, 7) is 4.97. The van der Waals surface area contributed by atoms with E-state index in [0.717, 1.165) is 20.3 Å². The van der Waals surface area contributed by atoms with E-state index in [0.29, 0.717) is 12.1 Å². The predicted octanol–water partition coefficient (Wildman–Crippen LogP) is 0.544. The Hall–Kier alpha value is -2.20. The van der Waals surface area contributed by atoms with E-state index in [-0.39, 0.29) is 19.6 Å². The molecule has 0 aliphatic carbocycles. The van der Waals surface area contributed by atoms with E-state index in [1.54, 1.807) is 12.3 Å². The molecule has 1 saturated heterocycles. The van der Waals surface area contributed by atoms with Gasteiger partial charge in [-0.2, -0.15) is 0 Å². The molecule has 0 spiro atoms. The third kappa shape index (κ3) is 11.9. The second-order valence-corrected chi connectivity index (χ2v) is 8.21. The van der Waals surface area contributed by atoms with Crippen LogP contribution in [0.3, 0.4) is 0 Å². The Bertz CT molecular complexity index is 1250. The Morgan fingerprint density at radius 1 is 0.976 bits per heavy atom. The maximum atomic E-state index is 13.0. The van der Waals surface area contributed by atoms with Gasteiger partial charge in [0.15, 0.2) is 6.23 Å². The summed E-state index contributed by atoms with van der Waals surface area (Å²) in [5.74, 6) is 0. The van der Waals surface area contributed by atoms with Crippen molar-refractivity contribution in [2.24, 2.45) is 0 Å². The van der Waals surface area contributed by atoms with Gasteiger partial charge in [-0.3, -0.25) is 18.9 Å². The number of rotatable bonds is 7. The molecule has 228 valence electrons. The van der Waals surface area contributed by atoms with Gasteiger partial charge in [-0.15, -0.1) is 6.58 Å². The monoisotopic (exact) mass is 631 g/mol. The lowest BCUT2D eigenvalue weighted by Crippen LogP contribution is -2.43. The molecule has 0 amide bonds. The van der Waals surface area contributed by atoms with Crippen LogP contribution in [0.5, 0.6) is 0 Å². The highest BCUT2D eigenvalue weighted by molar-refractivity contribution is 7.08. The maximum absolute atomic E-state index is 13.0. The normalized spacial score (nSPS) is 18.6. The van der Waals surface area contributed by atoms with Gasteiger partial charge in [0.2, 0.25) is 0 Å². The molecule has 1 aromatic carbocycles. The summed E-state index contributed by atoms with van der Waals surface area (Å²) in [6, 6.07) is 14.8. The molecule has 7 unspecified atom stereocenters. The lowest BCUT2D eigenvalue weighted by atomic mass is 10.1. The standard InChI is InChI=1S/C23H25N3O6.C3H6.3H3OP/c27-11-8-18-20(29)21(30)22(32-18)25-10-7-19(28)26(23(25)31)14-17-13-16(6-9-24-17)12-15-4-2-1-3-5-15;1-3-2;3*1-2/h1-7,9-10,13,18,20-22,27,29-30H,8,11-12,14H2;3H,1H2,2H3;3*1H,2H2. The molecular formula is C26H40N3O9P3. The van der Waals surface area contributed by atoms with Gasteiger partial charge in [0.05, 0.1) is 18.3 Å².